The molecular formula is C17H13ClFN3O2. The normalized spacial score (nSPS) is 11.0. The maximum absolute atomic E-state index is 14.0. The minimum Gasteiger partial charge on any atom is -0.412 e. The number of nitrogens with zero attached hydrogens (tertiary/aromatic N) is 2. The molecule has 0 radical (unpaired) electrons. The molecule has 24 heavy (non-hydrogen) atoms. The maximum atomic E-state index is 14.0. The third-order valence-electron chi connectivity index (χ3n) is 3.93. The van der Waals surface area contributed by atoms with Crippen LogP contribution < -0.4 is 5.56 Å². The van der Waals surface area contributed by atoms with E-state index in [1.165, 1.54) is 16.9 Å². The molecule has 7 heteroatoms. The Morgan fingerprint density at radius 1 is 1.21 bits per heavy atom. The van der Waals surface area contributed by atoms with Crippen LogP contribution >= 0.6 is 11.6 Å². The van der Waals surface area contributed by atoms with Gasteiger partial charge in [-0.2, -0.15) is 0 Å². The van der Waals surface area contributed by atoms with Crippen LogP contribution in [0.4, 0.5) is 4.39 Å². The molecule has 5 nitrogen and oxygen atoms in total. The number of rotatable bonds is 1. The largest absolute Gasteiger partial charge is 0.412 e. The summed E-state index contributed by atoms with van der Waals surface area (Å²) in [5, 5.41) is 4.49. The smallest absolute Gasteiger partial charge is 0.280 e. The molecule has 0 atom stereocenters. The fraction of sp³-hybridized carbons (Fsp3) is 0.0588. The number of halogens is 2. The Labute approximate surface area is 140 Å². The second-order valence-electron chi connectivity index (χ2n) is 5.34. The topological polar surface area (TPSA) is 82.2 Å². The standard InChI is InChI=1S/C17H11ClFN3O.H2O/c1-9-6-7-12(19)16-14(9)15-10(8-20-16)17(23)22(21-15)13-5-3-2-4-11(13)18;/h2-8,21H,1H3;1H2. The summed E-state index contributed by atoms with van der Waals surface area (Å²) in [6.45, 7) is 1.86. The van der Waals surface area contributed by atoms with Gasteiger partial charge in [-0.25, -0.2) is 9.07 Å². The Bertz CT molecular complexity index is 1130. The summed E-state index contributed by atoms with van der Waals surface area (Å²) < 4.78 is 15.4. The number of aromatic nitrogens is 3. The lowest BCUT2D eigenvalue weighted by Gasteiger charge is -2.04. The molecule has 4 aromatic rings. The van der Waals surface area contributed by atoms with Crippen molar-refractivity contribution in [1.82, 2.24) is 14.8 Å². The SMILES string of the molecule is Cc1ccc(F)c2ncc3c(=O)n(-c4ccccc4Cl)[nH]c3c12.O. The Morgan fingerprint density at radius 3 is 2.71 bits per heavy atom. The van der Waals surface area contributed by atoms with Gasteiger partial charge < -0.3 is 5.48 Å². The van der Waals surface area contributed by atoms with Crippen LogP contribution in [-0.4, -0.2) is 20.2 Å². The molecule has 2 aromatic carbocycles. The van der Waals surface area contributed by atoms with Gasteiger partial charge >= 0.3 is 0 Å². The number of para-hydroxylation sites is 1. The number of hydrogen-bond acceptors (Lipinski definition) is 2. The fourth-order valence-electron chi connectivity index (χ4n) is 2.80. The number of fused-ring (bicyclic) bond motifs is 3. The van der Waals surface area contributed by atoms with Crippen LogP contribution in [0.3, 0.4) is 0 Å². The van der Waals surface area contributed by atoms with Crippen molar-refractivity contribution in [3.63, 3.8) is 0 Å². The predicted octanol–water partition coefficient (Wildman–Crippen LogP) is 3.14. The Balaban J connectivity index is 0.00000169. The number of pyridine rings is 1. The summed E-state index contributed by atoms with van der Waals surface area (Å²) in [6.07, 6.45) is 1.40. The van der Waals surface area contributed by atoms with Crippen molar-refractivity contribution in [3.05, 3.63) is 69.4 Å². The van der Waals surface area contributed by atoms with Crippen molar-refractivity contribution in [2.24, 2.45) is 0 Å². The van der Waals surface area contributed by atoms with Crippen molar-refractivity contribution >= 4 is 33.4 Å². The summed E-state index contributed by atoms with van der Waals surface area (Å²) >= 11 is 6.18. The first kappa shape index (κ1) is 16.2. The number of hydrogen-bond donors (Lipinski definition) is 1. The lowest BCUT2D eigenvalue weighted by Crippen LogP contribution is -2.14. The summed E-state index contributed by atoms with van der Waals surface area (Å²) in [5.41, 5.74) is 1.90. The second kappa shape index (κ2) is 5.74. The first-order valence-electron chi connectivity index (χ1n) is 7.01. The molecular weight excluding hydrogens is 333 g/mol. The molecule has 2 aromatic heterocycles. The average Bonchev–Trinajstić information content (AvgIpc) is 2.88. The van der Waals surface area contributed by atoms with Crippen LogP contribution in [0.2, 0.25) is 5.02 Å². The van der Waals surface area contributed by atoms with Crippen LogP contribution in [0, 0.1) is 12.7 Å². The van der Waals surface area contributed by atoms with Gasteiger partial charge in [0.15, 0.2) is 0 Å². The number of aryl methyl sites for hydroxylation is 1. The maximum Gasteiger partial charge on any atom is 0.280 e. The summed E-state index contributed by atoms with van der Waals surface area (Å²) in [5.74, 6) is -0.418. The van der Waals surface area contributed by atoms with Gasteiger partial charge in [0, 0.05) is 11.6 Å². The van der Waals surface area contributed by atoms with E-state index in [-0.39, 0.29) is 16.6 Å². The zero-order chi connectivity index (χ0) is 16.1. The molecule has 0 aliphatic carbocycles. The van der Waals surface area contributed by atoms with Gasteiger partial charge in [-0.15, -0.1) is 0 Å². The van der Waals surface area contributed by atoms with Crippen LogP contribution in [0.15, 0.2) is 47.4 Å². The highest BCUT2D eigenvalue weighted by Crippen LogP contribution is 2.27. The lowest BCUT2D eigenvalue weighted by molar-refractivity contribution is 0.636. The minimum absolute atomic E-state index is 0. The molecule has 3 N–H and O–H groups in total. The van der Waals surface area contributed by atoms with Crippen molar-refractivity contribution < 1.29 is 9.87 Å². The molecule has 122 valence electrons. The highest BCUT2D eigenvalue weighted by atomic mass is 35.5. The van der Waals surface area contributed by atoms with E-state index >= 15 is 0 Å². The monoisotopic (exact) mass is 345 g/mol. The molecule has 2 heterocycles. The molecule has 0 bridgehead atoms. The van der Waals surface area contributed by atoms with Gasteiger partial charge in [-0.3, -0.25) is 14.9 Å². The highest BCUT2D eigenvalue weighted by Gasteiger charge is 2.16. The van der Waals surface area contributed by atoms with Crippen LogP contribution in [-0.2, 0) is 0 Å². The number of nitrogens with one attached hydrogen (secondary N) is 1. The van der Waals surface area contributed by atoms with E-state index in [0.717, 1.165) is 5.56 Å². The Hall–Kier alpha value is -2.70. The summed E-state index contributed by atoms with van der Waals surface area (Å²) in [4.78, 5) is 16.8. The Morgan fingerprint density at radius 2 is 1.96 bits per heavy atom. The molecule has 0 saturated carbocycles. The van der Waals surface area contributed by atoms with E-state index in [1.807, 2.05) is 6.92 Å². The zero-order valence-electron chi connectivity index (χ0n) is 12.6. The quantitative estimate of drug-likeness (QED) is 0.575. The van der Waals surface area contributed by atoms with Gasteiger partial charge in [0.25, 0.3) is 5.56 Å². The van der Waals surface area contributed by atoms with E-state index < -0.39 is 5.82 Å². The third-order valence-corrected chi connectivity index (χ3v) is 4.25. The lowest BCUT2D eigenvalue weighted by atomic mass is 10.1. The van der Waals surface area contributed by atoms with Crippen molar-refractivity contribution in [1.29, 1.82) is 0 Å². The van der Waals surface area contributed by atoms with Gasteiger partial charge in [-0.1, -0.05) is 29.8 Å². The van der Waals surface area contributed by atoms with E-state index in [0.29, 0.717) is 27.0 Å². The van der Waals surface area contributed by atoms with Gasteiger partial charge in [0.2, 0.25) is 0 Å². The van der Waals surface area contributed by atoms with E-state index in [2.05, 4.69) is 10.1 Å². The molecule has 0 amide bonds. The van der Waals surface area contributed by atoms with Crippen molar-refractivity contribution in [2.75, 3.05) is 0 Å². The van der Waals surface area contributed by atoms with Crippen molar-refractivity contribution in [3.8, 4) is 5.69 Å². The molecule has 0 aliphatic rings. The first-order valence-corrected chi connectivity index (χ1v) is 7.39. The molecule has 4 rings (SSSR count). The predicted molar refractivity (Wildman–Crippen MR) is 92.5 cm³/mol. The Kier molecular flexibility index (Phi) is 3.87. The summed E-state index contributed by atoms with van der Waals surface area (Å²) in [7, 11) is 0. The fourth-order valence-corrected chi connectivity index (χ4v) is 3.02. The van der Waals surface area contributed by atoms with Gasteiger partial charge in [-0.05, 0) is 30.7 Å². The van der Waals surface area contributed by atoms with E-state index in [4.69, 9.17) is 11.6 Å². The second-order valence-corrected chi connectivity index (χ2v) is 5.75. The molecule has 0 unspecified atom stereocenters. The molecule has 0 aliphatic heterocycles. The van der Waals surface area contributed by atoms with Crippen LogP contribution in [0.1, 0.15) is 5.56 Å². The molecule has 0 spiro atoms. The van der Waals surface area contributed by atoms with Crippen LogP contribution in [0.25, 0.3) is 27.5 Å². The van der Waals surface area contributed by atoms with E-state index in [1.54, 1.807) is 30.3 Å². The van der Waals surface area contributed by atoms with Crippen molar-refractivity contribution in [2.45, 2.75) is 6.92 Å². The number of benzene rings is 2. The average molecular weight is 346 g/mol. The summed E-state index contributed by atoms with van der Waals surface area (Å²) in [6, 6.07) is 10.1. The number of H-pyrrole nitrogens is 1. The van der Waals surface area contributed by atoms with Gasteiger partial charge in [0.1, 0.15) is 11.3 Å². The third kappa shape index (κ3) is 2.19. The first-order chi connectivity index (χ1) is 11.1. The number of aromatic amines is 1. The minimum atomic E-state index is -0.418. The molecule has 0 fully saturated rings. The molecule has 0 saturated heterocycles. The van der Waals surface area contributed by atoms with Gasteiger partial charge in [0.05, 0.1) is 21.6 Å². The van der Waals surface area contributed by atoms with E-state index in [9.17, 15) is 9.18 Å². The highest BCUT2D eigenvalue weighted by molar-refractivity contribution is 6.32. The van der Waals surface area contributed by atoms with Crippen LogP contribution in [0.5, 0.6) is 0 Å². The zero-order valence-corrected chi connectivity index (χ0v) is 13.4.